The number of hydrogen-bond acceptors (Lipinski definition) is 3. The average Bonchev–Trinajstić information content (AvgIpc) is 2.62. The van der Waals surface area contributed by atoms with Crippen molar-refractivity contribution in [2.75, 3.05) is 14.2 Å². The van der Waals surface area contributed by atoms with E-state index in [9.17, 15) is 4.79 Å². The van der Waals surface area contributed by atoms with Crippen molar-refractivity contribution < 1.29 is 14.3 Å². The molecule has 2 rings (SSSR count). The third-order valence-electron chi connectivity index (χ3n) is 4.06. The fraction of sp³-hybridized carbons (Fsp3) is 0.350. The number of ketones is 1. The molecular weight excluding hydrogens is 288 g/mol. The Kier molecular flexibility index (Phi) is 6.21. The third-order valence-corrected chi connectivity index (χ3v) is 4.06. The van der Waals surface area contributed by atoms with Crippen molar-refractivity contribution in [3.8, 4) is 11.5 Å². The molecule has 0 saturated heterocycles. The van der Waals surface area contributed by atoms with E-state index in [-0.39, 0.29) is 11.7 Å². The van der Waals surface area contributed by atoms with E-state index in [0.29, 0.717) is 0 Å². The molecule has 1 atom stereocenters. The first kappa shape index (κ1) is 17.1. The van der Waals surface area contributed by atoms with Crippen molar-refractivity contribution >= 4 is 5.78 Å². The van der Waals surface area contributed by atoms with Gasteiger partial charge in [-0.25, -0.2) is 0 Å². The van der Waals surface area contributed by atoms with Gasteiger partial charge in [-0.3, -0.25) is 4.79 Å². The molecule has 0 unspecified atom stereocenters. The topological polar surface area (TPSA) is 35.5 Å². The second kappa shape index (κ2) is 8.37. The number of Topliss-reactive ketones (excluding diaryl/α,β-unsaturated/α-hetero) is 1. The quantitative estimate of drug-likeness (QED) is 0.653. The van der Waals surface area contributed by atoms with E-state index < -0.39 is 0 Å². The first-order valence-corrected chi connectivity index (χ1v) is 8.01. The highest BCUT2D eigenvalue weighted by Gasteiger charge is 2.21. The molecule has 23 heavy (non-hydrogen) atoms. The number of carbonyl (C=O) groups excluding carboxylic acids is 1. The second-order valence-corrected chi connectivity index (χ2v) is 5.56. The number of rotatable bonds is 8. The van der Waals surface area contributed by atoms with Crippen molar-refractivity contribution in [3.63, 3.8) is 0 Å². The van der Waals surface area contributed by atoms with Crippen LogP contribution in [0.3, 0.4) is 0 Å². The van der Waals surface area contributed by atoms with Crippen LogP contribution in [-0.4, -0.2) is 20.0 Å². The normalized spacial score (nSPS) is 11.8. The second-order valence-electron chi connectivity index (χ2n) is 5.56. The van der Waals surface area contributed by atoms with Crippen LogP contribution in [0.25, 0.3) is 0 Å². The van der Waals surface area contributed by atoms with Crippen LogP contribution < -0.4 is 9.47 Å². The van der Waals surface area contributed by atoms with Crippen LogP contribution in [0.15, 0.2) is 48.5 Å². The van der Waals surface area contributed by atoms with Gasteiger partial charge in [-0.15, -0.1) is 0 Å². The number of ether oxygens (including phenoxy) is 2. The Morgan fingerprint density at radius 3 is 1.91 bits per heavy atom. The Morgan fingerprint density at radius 1 is 0.913 bits per heavy atom. The van der Waals surface area contributed by atoms with Crippen molar-refractivity contribution in [1.29, 1.82) is 0 Å². The van der Waals surface area contributed by atoms with E-state index in [2.05, 4.69) is 6.92 Å². The Morgan fingerprint density at radius 2 is 1.43 bits per heavy atom. The smallest absolute Gasteiger partial charge is 0.170 e. The first-order chi connectivity index (χ1) is 11.2. The number of benzene rings is 2. The average molecular weight is 312 g/mol. The number of carbonyl (C=O) groups is 1. The maximum atomic E-state index is 12.9. The SMILES string of the molecule is CCCC[C@H](C(=O)c1ccc(OC)cc1)c1ccc(OC)cc1. The molecule has 0 bridgehead atoms. The van der Waals surface area contributed by atoms with Crippen LogP contribution in [0.5, 0.6) is 11.5 Å². The van der Waals surface area contributed by atoms with E-state index in [1.807, 2.05) is 48.5 Å². The van der Waals surface area contributed by atoms with Crippen LogP contribution in [-0.2, 0) is 0 Å². The summed E-state index contributed by atoms with van der Waals surface area (Å²) < 4.78 is 10.4. The van der Waals surface area contributed by atoms with Gasteiger partial charge >= 0.3 is 0 Å². The summed E-state index contributed by atoms with van der Waals surface area (Å²) in [6, 6.07) is 15.1. The van der Waals surface area contributed by atoms with E-state index in [1.165, 1.54) is 0 Å². The van der Waals surface area contributed by atoms with Gasteiger partial charge in [0.2, 0.25) is 0 Å². The maximum absolute atomic E-state index is 12.9. The third kappa shape index (κ3) is 4.35. The summed E-state index contributed by atoms with van der Waals surface area (Å²) in [4.78, 5) is 12.9. The largest absolute Gasteiger partial charge is 0.497 e. The molecule has 0 amide bonds. The molecule has 0 radical (unpaired) electrons. The first-order valence-electron chi connectivity index (χ1n) is 8.01. The van der Waals surface area contributed by atoms with Gasteiger partial charge in [0.1, 0.15) is 11.5 Å². The maximum Gasteiger partial charge on any atom is 0.170 e. The predicted octanol–water partition coefficient (Wildman–Crippen LogP) is 4.86. The standard InChI is InChI=1S/C20H24O3/c1-4-5-6-19(15-7-11-17(22-2)12-8-15)20(21)16-9-13-18(23-3)14-10-16/h7-14,19H,4-6H2,1-3H3/t19-/m0/s1. The van der Waals surface area contributed by atoms with Gasteiger partial charge < -0.3 is 9.47 Å². The summed E-state index contributed by atoms with van der Waals surface area (Å²) in [5.41, 5.74) is 1.77. The molecule has 3 nitrogen and oxygen atoms in total. The van der Waals surface area contributed by atoms with Crippen LogP contribution in [0.2, 0.25) is 0 Å². The molecule has 0 saturated carbocycles. The van der Waals surface area contributed by atoms with Gasteiger partial charge in [0.15, 0.2) is 5.78 Å². The zero-order chi connectivity index (χ0) is 16.7. The van der Waals surface area contributed by atoms with Gasteiger partial charge in [0.25, 0.3) is 0 Å². The molecule has 0 aromatic heterocycles. The lowest BCUT2D eigenvalue weighted by Crippen LogP contribution is -2.13. The summed E-state index contributed by atoms with van der Waals surface area (Å²) in [5.74, 6) is 1.61. The van der Waals surface area contributed by atoms with Gasteiger partial charge in [-0.1, -0.05) is 31.9 Å². The monoisotopic (exact) mass is 312 g/mol. The molecule has 0 aliphatic carbocycles. The molecule has 122 valence electrons. The van der Waals surface area contributed by atoms with Crippen molar-refractivity contribution in [2.24, 2.45) is 0 Å². The Labute approximate surface area is 138 Å². The molecule has 0 N–H and O–H groups in total. The van der Waals surface area contributed by atoms with Crippen LogP contribution in [0.1, 0.15) is 48.0 Å². The minimum Gasteiger partial charge on any atom is -0.497 e. The zero-order valence-electron chi connectivity index (χ0n) is 14.0. The van der Waals surface area contributed by atoms with Crippen molar-refractivity contribution in [2.45, 2.75) is 32.1 Å². The molecule has 2 aromatic carbocycles. The molecule has 0 aliphatic rings. The lowest BCUT2D eigenvalue weighted by atomic mass is 9.86. The number of hydrogen-bond donors (Lipinski definition) is 0. The van der Waals surface area contributed by atoms with Gasteiger partial charge in [0, 0.05) is 11.5 Å². The summed E-state index contributed by atoms with van der Waals surface area (Å²) in [5, 5.41) is 0. The van der Waals surface area contributed by atoms with Gasteiger partial charge in [-0.05, 0) is 48.4 Å². The van der Waals surface area contributed by atoms with Crippen LogP contribution >= 0.6 is 0 Å². The molecular formula is C20H24O3. The minimum atomic E-state index is -0.116. The van der Waals surface area contributed by atoms with Gasteiger partial charge in [0.05, 0.1) is 14.2 Å². The Bertz CT molecular complexity index is 614. The highest BCUT2D eigenvalue weighted by atomic mass is 16.5. The van der Waals surface area contributed by atoms with E-state index in [0.717, 1.165) is 41.9 Å². The lowest BCUT2D eigenvalue weighted by molar-refractivity contribution is 0.0954. The minimum absolute atomic E-state index is 0.116. The van der Waals surface area contributed by atoms with Crippen molar-refractivity contribution in [3.05, 3.63) is 59.7 Å². The van der Waals surface area contributed by atoms with Crippen LogP contribution in [0, 0.1) is 0 Å². The lowest BCUT2D eigenvalue weighted by Gasteiger charge is -2.17. The summed E-state index contributed by atoms with van der Waals surface area (Å²) in [7, 11) is 3.27. The zero-order valence-corrected chi connectivity index (χ0v) is 14.0. The highest BCUT2D eigenvalue weighted by molar-refractivity contribution is 6.01. The van der Waals surface area contributed by atoms with E-state index >= 15 is 0 Å². The number of unbranched alkanes of at least 4 members (excludes halogenated alkanes) is 1. The predicted molar refractivity (Wildman–Crippen MR) is 92.6 cm³/mol. The van der Waals surface area contributed by atoms with E-state index in [4.69, 9.17) is 9.47 Å². The van der Waals surface area contributed by atoms with Crippen LogP contribution in [0.4, 0.5) is 0 Å². The Balaban J connectivity index is 2.26. The summed E-state index contributed by atoms with van der Waals surface area (Å²) >= 11 is 0. The molecule has 3 heteroatoms. The summed E-state index contributed by atoms with van der Waals surface area (Å²) in [6.07, 6.45) is 2.95. The number of methoxy groups -OCH3 is 2. The fourth-order valence-electron chi connectivity index (χ4n) is 2.65. The molecule has 2 aromatic rings. The van der Waals surface area contributed by atoms with E-state index in [1.54, 1.807) is 14.2 Å². The summed E-state index contributed by atoms with van der Waals surface area (Å²) in [6.45, 7) is 2.14. The van der Waals surface area contributed by atoms with Gasteiger partial charge in [-0.2, -0.15) is 0 Å². The molecule has 0 aliphatic heterocycles. The van der Waals surface area contributed by atoms with Crippen molar-refractivity contribution in [1.82, 2.24) is 0 Å². The molecule has 0 heterocycles. The Hall–Kier alpha value is -2.29. The molecule has 0 spiro atoms. The molecule has 0 fully saturated rings. The highest BCUT2D eigenvalue weighted by Crippen LogP contribution is 2.28. The fourth-order valence-corrected chi connectivity index (χ4v) is 2.65.